The molecule has 146 valence electrons. The van der Waals surface area contributed by atoms with Gasteiger partial charge in [-0.3, -0.25) is 9.69 Å². The van der Waals surface area contributed by atoms with Gasteiger partial charge in [0.1, 0.15) is 5.75 Å². The maximum atomic E-state index is 12.8. The molecule has 7 nitrogen and oxygen atoms in total. The quantitative estimate of drug-likeness (QED) is 0.743. The number of carbonyl (C=O) groups is 1. The van der Waals surface area contributed by atoms with E-state index < -0.39 is 0 Å². The molecule has 0 saturated carbocycles. The molecule has 2 aromatic rings. The summed E-state index contributed by atoms with van der Waals surface area (Å²) < 4.78 is 10.3. The van der Waals surface area contributed by atoms with E-state index in [9.17, 15) is 15.0 Å². The van der Waals surface area contributed by atoms with Gasteiger partial charge in [-0.1, -0.05) is 0 Å². The Balaban J connectivity index is 1.97. The molecule has 0 aromatic heterocycles. The number of carbonyl (C=O) groups excluding carboxylic acids is 1. The first-order chi connectivity index (χ1) is 13.5. The van der Waals surface area contributed by atoms with E-state index in [1.807, 2.05) is 6.92 Å². The van der Waals surface area contributed by atoms with Crippen LogP contribution in [0.2, 0.25) is 0 Å². The molecule has 1 aliphatic heterocycles. The molecule has 0 bridgehead atoms. The molecule has 1 amide bonds. The summed E-state index contributed by atoms with van der Waals surface area (Å²) in [5.41, 5.74) is 1.30. The fourth-order valence-electron chi connectivity index (χ4n) is 2.66. The first kappa shape index (κ1) is 19.6. The van der Waals surface area contributed by atoms with Gasteiger partial charge in [-0.25, -0.2) is 4.99 Å². The van der Waals surface area contributed by atoms with Crippen LogP contribution < -0.4 is 9.47 Å². The average Bonchev–Trinajstić information content (AvgIpc) is 2.98. The third-order valence-electron chi connectivity index (χ3n) is 4.08. The Morgan fingerprint density at radius 2 is 1.71 bits per heavy atom. The smallest absolute Gasteiger partial charge is 0.266 e. The molecule has 3 rings (SSSR count). The number of ether oxygens (including phenoxy) is 2. The summed E-state index contributed by atoms with van der Waals surface area (Å²) in [4.78, 5) is 19.4. The third-order valence-corrected chi connectivity index (χ3v) is 5.09. The zero-order valence-electron chi connectivity index (χ0n) is 15.7. The minimum atomic E-state index is -0.156. The van der Waals surface area contributed by atoms with Gasteiger partial charge in [-0.05, 0) is 66.7 Å². The molecule has 1 saturated heterocycles. The molecule has 2 aromatic carbocycles. The van der Waals surface area contributed by atoms with Crippen LogP contribution in [0.1, 0.15) is 12.5 Å². The van der Waals surface area contributed by atoms with Gasteiger partial charge in [-0.2, -0.15) is 0 Å². The van der Waals surface area contributed by atoms with Crippen molar-refractivity contribution in [2.75, 3.05) is 20.8 Å². The number of hydrogen-bond acceptors (Lipinski definition) is 7. The van der Waals surface area contributed by atoms with Crippen molar-refractivity contribution in [2.24, 2.45) is 4.99 Å². The molecule has 0 aliphatic carbocycles. The van der Waals surface area contributed by atoms with E-state index in [1.165, 1.54) is 26.0 Å². The largest absolute Gasteiger partial charge is 0.508 e. The van der Waals surface area contributed by atoms with E-state index in [0.29, 0.717) is 27.9 Å². The lowest BCUT2D eigenvalue weighted by Gasteiger charge is -2.12. The first-order valence-corrected chi connectivity index (χ1v) is 9.32. The molecule has 0 spiro atoms. The van der Waals surface area contributed by atoms with Crippen LogP contribution in [0.25, 0.3) is 6.08 Å². The van der Waals surface area contributed by atoms with Crippen LogP contribution in [0.3, 0.4) is 0 Å². The molecule has 8 heteroatoms. The Labute approximate surface area is 166 Å². The molecule has 1 heterocycles. The standard InChI is InChI=1S/C20H20N2O5S/c1-4-22-19(25)17(28-20(22)21-13-5-7-14(23)8-6-13)11-12-9-15(26-2)18(24)16(10-12)27-3/h5-11,23-24H,4H2,1-3H3/b17-11-,21-20?. The van der Waals surface area contributed by atoms with Gasteiger partial charge in [0, 0.05) is 6.54 Å². The van der Waals surface area contributed by atoms with Gasteiger partial charge >= 0.3 is 0 Å². The molecule has 0 radical (unpaired) electrons. The van der Waals surface area contributed by atoms with E-state index >= 15 is 0 Å². The predicted octanol–water partition coefficient (Wildman–Crippen LogP) is 3.74. The van der Waals surface area contributed by atoms with E-state index in [0.717, 1.165) is 0 Å². The zero-order chi connectivity index (χ0) is 20.3. The number of rotatable bonds is 5. The number of likely N-dealkylation sites (N-methyl/N-ethyl adjacent to an activating group) is 1. The van der Waals surface area contributed by atoms with Crippen molar-refractivity contribution in [3.05, 3.63) is 46.9 Å². The summed E-state index contributed by atoms with van der Waals surface area (Å²) in [6.07, 6.45) is 1.71. The van der Waals surface area contributed by atoms with Gasteiger partial charge in [0.2, 0.25) is 5.75 Å². The first-order valence-electron chi connectivity index (χ1n) is 8.51. The van der Waals surface area contributed by atoms with Crippen molar-refractivity contribution in [2.45, 2.75) is 6.92 Å². The molecular weight excluding hydrogens is 380 g/mol. The Morgan fingerprint density at radius 3 is 2.25 bits per heavy atom. The number of phenols is 2. The van der Waals surface area contributed by atoms with Crippen molar-refractivity contribution in [1.82, 2.24) is 4.90 Å². The maximum absolute atomic E-state index is 12.8. The number of amides is 1. The summed E-state index contributed by atoms with van der Waals surface area (Å²) in [7, 11) is 2.89. The van der Waals surface area contributed by atoms with Gasteiger partial charge in [0.15, 0.2) is 16.7 Å². The number of amidine groups is 1. The zero-order valence-corrected chi connectivity index (χ0v) is 16.5. The normalized spacial score (nSPS) is 16.8. The molecule has 1 fully saturated rings. The molecular formula is C20H20N2O5S. The van der Waals surface area contributed by atoms with Crippen LogP contribution in [0.15, 0.2) is 46.3 Å². The lowest BCUT2D eigenvalue weighted by atomic mass is 10.1. The molecule has 28 heavy (non-hydrogen) atoms. The number of phenolic OH excluding ortho intramolecular Hbond substituents is 2. The Bertz CT molecular complexity index is 929. The molecule has 2 N–H and O–H groups in total. The van der Waals surface area contributed by atoms with Gasteiger partial charge in [0.05, 0.1) is 24.8 Å². The number of nitrogens with zero attached hydrogens (tertiary/aromatic N) is 2. The van der Waals surface area contributed by atoms with E-state index in [4.69, 9.17) is 9.47 Å². The molecule has 0 atom stereocenters. The summed E-state index contributed by atoms with van der Waals surface area (Å²) in [5.74, 6) is 0.416. The number of aromatic hydroxyl groups is 2. The van der Waals surface area contributed by atoms with Crippen LogP contribution in [0, 0.1) is 0 Å². The topological polar surface area (TPSA) is 91.6 Å². The highest BCUT2D eigenvalue weighted by molar-refractivity contribution is 8.18. The van der Waals surface area contributed by atoms with Crippen LogP contribution in [0.5, 0.6) is 23.0 Å². The number of aliphatic imine (C=N–C) groups is 1. The summed E-state index contributed by atoms with van der Waals surface area (Å²) in [6, 6.07) is 9.71. The number of benzene rings is 2. The Kier molecular flexibility index (Phi) is 5.79. The molecule has 1 aliphatic rings. The van der Waals surface area contributed by atoms with E-state index in [1.54, 1.807) is 47.4 Å². The van der Waals surface area contributed by atoms with Gasteiger partial charge in [-0.15, -0.1) is 0 Å². The number of methoxy groups -OCH3 is 2. The van der Waals surface area contributed by atoms with Crippen molar-refractivity contribution < 1.29 is 24.5 Å². The lowest BCUT2D eigenvalue weighted by Crippen LogP contribution is -2.28. The van der Waals surface area contributed by atoms with Crippen LogP contribution >= 0.6 is 11.8 Å². The highest BCUT2D eigenvalue weighted by atomic mass is 32.2. The second kappa shape index (κ2) is 8.26. The summed E-state index contributed by atoms with van der Waals surface area (Å²) >= 11 is 1.26. The highest BCUT2D eigenvalue weighted by Gasteiger charge is 2.32. The minimum Gasteiger partial charge on any atom is -0.508 e. The lowest BCUT2D eigenvalue weighted by molar-refractivity contribution is -0.122. The van der Waals surface area contributed by atoms with Crippen molar-refractivity contribution in [3.63, 3.8) is 0 Å². The third kappa shape index (κ3) is 3.91. The Hall–Kier alpha value is -3.13. The average molecular weight is 400 g/mol. The molecule has 0 unspecified atom stereocenters. The predicted molar refractivity (Wildman–Crippen MR) is 109 cm³/mol. The Morgan fingerprint density at radius 1 is 1.11 bits per heavy atom. The highest BCUT2D eigenvalue weighted by Crippen LogP contribution is 2.39. The maximum Gasteiger partial charge on any atom is 0.266 e. The van der Waals surface area contributed by atoms with E-state index in [-0.39, 0.29) is 28.9 Å². The minimum absolute atomic E-state index is 0.0951. The van der Waals surface area contributed by atoms with Crippen molar-refractivity contribution in [3.8, 4) is 23.0 Å². The van der Waals surface area contributed by atoms with E-state index in [2.05, 4.69) is 4.99 Å². The number of thioether (sulfide) groups is 1. The monoisotopic (exact) mass is 400 g/mol. The van der Waals surface area contributed by atoms with Crippen molar-refractivity contribution in [1.29, 1.82) is 0 Å². The fraction of sp³-hybridized carbons (Fsp3) is 0.200. The van der Waals surface area contributed by atoms with Gasteiger partial charge < -0.3 is 19.7 Å². The van der Waals surface area contributed by atoms with Crippen LogP contribution in [0.4, 0.5) is 5.69 Å². The van der Waals surface area contributed by atoms with Gasteiger partial charge in [0.25, 0.3) is 5.91 Å². The summed E-state index contributed by atoms with van der Waals surface area (Å²) in [5, 5.41) is 20.0. The van der Waals surface area contributed by atoms with Crippen LogP contribution in [-0.4, -0.2) is 47.0 Å². The number of hydrogen-bond donors (Lipinski definition) is 2. The summed E-state index contributed by atoms with van der Waals surface area (Å²) in [6.45, 7) is 2.35. The SMILES string of the molecule is CCN1C(=O)/C(=C/c2cc(OC)c(O)c(OC)c2)SC1=Nc1ccc(O)cc1. The van der Waals surface area contributed by atoms with Crippen molar-refractivity contribution >= 4 is 34.6 Å². The van der Waals surface area contributed by atoms with Crippen LogP contribution in [-0.2, 0) is 4.79 Å². The second-order valence-corrected chi connectivity index (χ2v) is 6.85. The second-order valence-electron chi connectivity index (χ2n) is 5.84. The fourth-order valence-corrected chi connectivity index (χ4v) is 3.72.